The summed E-state index contributed by atoms with van der Waals surface area (Å²) in [6.45, 7) is 1.78. The molecule has 0 aliphatic carbocycles. The van der Waals surface area contributed by atoms with Crippen LogP contribution in [0.3, 0.4) is 0 Å². The Morgan fingerprint density at radius 1 is 1.64 bits per heavy atom. The van der Waals surface area contributed by atoms with E-state index >= 15 is 0 Å². The molecule has 0 heterocycles. The summed E-state index contributed by atoms with van der Waals surface area (Å²) in [7, 11) is 0. The first-order valence-electron chi connectivity index (χ1n) is 4.06. The van der Waals surface area contributed by atoms with Gasteiger partial charge in [0.15, 0.2) is 0 Å². The molecule has 72 valence electrons. The summed E-state index contributed by atoms with van der Waals surface area (Å²) in [5, 5.41) is 17.4. The highest BCUT2D eigenvalue weighted by Crippen LogP contribution is 2.18. The number of rotatable bonds is 2. The third-order valence-electron chi connectivity index (χ3n) is 1.95. The number of aryl methyl sites for hydroxylation is 1. The Morgan fingerprint density at radius 3 is 2.71 bits per heavy atom. The predicted octanol–water partition coefficient (Wildman–Crippen LogP) is 1.96. The van der Waals surface area contributed by atoms with Crippen molar-refractivity contribution in [2.24, 2.45) is 0 Å². The number of carboxylic acids is 1. The van der Waals surface area contributed by atoms with Gasteiger partial charge in [-0.2, -0.15) is 5.26 Å². The van der Waals surface area contributed by atoms with E-state index in [0.29, 0.717) is 12.0 Å². The van der Waals surface area contributed by atoms with Crippen LogP contribution < -0.4 is 0 Å². The fourth-order valence-electron chi connectivity index (χ4n) is 1.25. The second-order valence-corrected chi connectivity index (χ2v) is 2.73. The number of benzene rings is 1. The Balaban J connectivity index is 3.53. The van der Waals surface area contributed by atoms with Crippen LogP contribution in [0.25, 0.3) is 0 Å². The maximum atomic E-state index is 13.1. The maximum Gasteiger partial charge on any atom is 0.340 e. The first-order valence-corrected chi connectivity index (χ1v) is 4.06. The average Bonchev–Trinajstić information content (AvgIpc) is 2.16. The van der Waals surface area contributed by atoms with Crippen molar-refractivity contribution >= 4 is 5.97 Å². The highest BCUT2D eigenvalue weighted by Gasteiger charge is 2.18. The van der Waals surface area contributed by atoms with E-state index in [0.717, 1.165) is 6.07 Å². The van der Waals surface area contributed by atoms with E-state index in [1.165, 1.54) is 6.07 Å². The second-order valence-electron chi connectivity index (χ2n) is 2.73. The van der Waals surface area contributed by atoms with Gasteiger partial charge in [0.2, 0.25) is 0 Å². The highest BCUT2D eigenvalue weighted by molar-refractivity contribution is 5.91. The number of nitrogens with zero attached hydrogens (tertiary/aromatic N) is 1. The summed E-state index contributed by atoms with van der Waals surface area (Å²) in [5.74, 6) is -2.28. The Labute approximate surface area is 80.4 Å². The van der Waals surface area contributed by atoms with E-state index in [9.17, 15) is 9.18 Å². The summed E-state index contributed by atoms with van der Waals surface area (Å²) in [5.41, 5.74) is -0.0712. The van der Waals surface area contributed by atoms with E-state index in [1.807, 2.05) is 0 Å². The number of nitriles is 1. The van der Waals surface area contributed by atoms with Gasteiger partial charge in [0.05, 0.1) is 5.56 Å². The third-order valence-corrected chi connectivity index (χ3v) is 1.95. The van der Waals surface area contributed by atoms with Crippen LogP contribution >= 0.6 is 0 Å². The van der Waals surface area contributed by atoms with Gasteiger partial charge in [0.1, 0.15) is 17.4 Å². The molecule has 1 N–H and O–H groups in total. The lowest BCUT2D eigenvalue weighted by molar-refractivity contribution is 0.0691. The van der Waals surface area contributed by atoms with Gasteiger partial charge in [-0.25, -0.2) is 9.18 Å². The average molecular weight is 193 g/mol. The van der Waals surface area contributed by atoms with E-state index in [1.54, 1.807) is 13.0 Å². The minimum Gasteiger partial charge on any atom is -0.478 e. The highest BCUT2D eigenvalue weighted by atomic mass is 19.1. The number of carboxylic acid groups (broad SMARTS) is 1. The fourth-order valence-corrected chi connectivity index (χ4v) is 1.25. The number of aromatic carboxylic acids is 1. The standard InChI is InChI=1S/C10H8FNO2/c1-2-6-3-4-8(11)9(10(13)14)7(6)5-12/h3-4H,2H2,1H3,(H,13,14). The van der Waals surface area contributed by atoms with E-state index in [2.05, 4.69) is 0 Å². The van der Waals surface area contributed by atoms with E-state index in [4.69, 9.17) is 10.4 Å². The monoisotopic (exact) mass is 193 g/mol. The van der Waals surface area contributed by atoms with Gasteiger partial charge in [-0.3, -0.25) is 0 Å². The number of carbonyl (C=O) groups is 1. The minimum absolute atomic E-state index is 0.0833. The molecule has 0 fully saturated rings. The zero-order valence-corrected chi connectivity index (χ0v) is 7.54. The molecular formula is C10H8FNO2. The second kappa shape index (κ2) is 3.88. The molecule has 0 aliphatic heterocycles. The molecule has 0 aliphatic rings. The Hall–Kier alpha value is -1.89. The molecule has 0 saturated heterocycles. The maximum absolute atomic E-state index is 13.1. The van der Waals surface area contributed by atoms with Crippen molar-refractivity contribution in [1.82, 2.24) is 0 Å². The summed E-state index contributed by atoms with van der Waals surface area (Å²) in [6.07, 6.45) is 0.503. The molecule has 0 saturated carbocycles. The summed E-state index contributed by atoms with van der Waals surface area (Å²) >= 11 is 0. The molecule has 0 unspecified atom stereocenters. The number of hydrogen-bond donors (Lipinski definition) is 1. The SMILES string of the molecule is CCc1ccc(F)c(C(=O)O)c1C#N. The van der Waals surface area contributed by atoms with Crippen molar-refractivity contribution in [1.29, 1.82) is 5.26 Å². The third kappa shape index (κ3) is 1.57. The summed E-state index contributed by atoms with van der Waals surface area (Å²) < 4.78 is 13.1. The molecule has 3 nitrogen and oxygen atoms in total. The van der Waals surface area contributed by atoms with Crippen molar-refractivity contribution < 1.29 is 14.3 Å². The van der Waals surface area contributed by atoms with Crippen molar-refractivity contribution in [2.45, 2.75) is 13.3 Å². The van der Waals surface area contributed by atoms with Crippen LogP contribution in [0, 0.1) is 17.1 Å². The number of halogens is 1. The molecule has 0 bridgehead atoms. The first kappa shape index (κ1) is 10.2. The lowest BCUT2D eigenvalue weighted by Crippen LogP contribution is -2.06. The minimum atomic E-state index is -1.41. The van der Waals surface area contributed by atoms with Crippen LogP contribution in [0.5, 0.6) is 0 Å². The molecule has 0 radical (unpaired) electrons. The van der Waals surface area contributed by atoms with Crippen molar-refractivity contribution in [3.05, 3.63) is 34.6 Å². The molecule has 14 heavy (non-hydrogen) atoms. The van der Waals surface area contributed by atoms with Crippen molar-refractivity contribution in [3.8, 4) is 6.07 Å². The lowest BCUT2D eigenvalue weighted by Gasteiger charge is -2.04. The molecule has 0 spiro atoms. The van der Waals surface area contributed by atoms with Gasteiger partial charge in [0.25, 0.3) is 0 Å². The summed E-state index contributed by atoms with van der Waals surface area (Å²) in [4.78, 5) is 10.7. The zero-order valence-electron chi connectivity index (χ0n) is 7.54. The van der Waals surface area contributed by atoms with Gasteiger partial charge in [-0.15, -0.1) is 0 Å². The van der Waals surface area contributed by atoms with Crippen LogP contribution in [-0.4, -0.2) is 11.1 Å². The molecule has 0 aromatic heterocycles. The van der Waals surface area contributed by atoms with Crippen molar-refractivity contribution in [2.75, 3.05) is 0 Å². The molecule has 4 heteroatoms. The molecule has 0 amide bonds. The van der Waals surface area contributed by atoms with Crippen molar-refractivity contribution in [3.63, 3.8) is 0 Å². The van der Waals surface area contributed by atoms with Gasteiger partial charge in [-0.1, -0.05) is 13.0 Å². The molecule has 1 aromatic carbocycles. The van der Waals surface area contributed by atoms with Gasteiger partial charge < -0.3 is 5.11 Å². The quantitative estimate of drug-likeness (QED) is 0.780. The van der Waals surface area contributed by atoms with Crippen LogP contribution in [-0.2, 0) is 6.42 Å². The number of hydrogen-bond acceptors (Lipinski definition) is 2. The topological polar surface area (TPSA) is 61.1 Å². The first-order chi connectivity index (χ1) is 6.61. The van der Waals surface area contributed by atoms with E-state index in [-0.39, 0.29) is 5.56 Å². The lowest BCUT2D eigenvalue weighted by atomic mass is 10.00. The van der Waals surface area contributed by atoms with Gasteiger partial charge in [0, 0.05) is 0 Å². The van der Waals surface area contributed by atoms with Crippen LogP contribution in [0.15, 0.2) is 12.1 Å². The van der Waals surface area contributed by atoms with Crippen LogP contribution in [0.2, 0.25) is 0 Å². The Morgan fingerprint density at radius 2 is 2.29 bits per heavy atom. The smallest absolute Gasteiger partial charge is 0.340 e. The molecule has 0 atom stereocenters. The largest absolute Gasteiger partial charge is 0.478 e. The Kier molecular flexibility index (Phi) is 2.82. The summed E-state index contributed by atoms with van der Waals surface area (Å²) in [6, 6.07) is 4.22. The van der Waals surface area contributed by atoms with Gasteiger partial charge in [-0.05, 0) is 18.1 Å². The Bertz CT molecular complexity index is 421. The normalized spacial score (nSPS) is 9.50. The zero-order chi connectivity index (χ0) is 10.7. The van der Waals surface area contributed by atoms with Crippen LogP contribution in [0.4, 0.5) is 4.39 Å². The van der Waals surface area contributed by atoms with Crippen LogP contribution in [0.1, 0.15) is 28.4 Å². The van der Waals surface area contributed by atoms with E-state index < -0.39 is 17.3 Å². The predicted molar refractivity (Wildman–Crippen MR) is 47.5 cm³/mol. The fraction of sp³-hybridized carbons (Fsp3) is 0.200. The molecular weight excluding hydrogens is 185 g/mol. The van der Waals surface area contributed by atoms with Gasteiger partial charge >= 0.3 is 5.97 Å². The molecule has 1 rings (SSSR count). The molecule has 1 aromatic rings.